The number of nitrogens with one attached hydrogen (secondary N) is 1. The summed E-state index contributed by atoms with van der Waals surface area (Å²) in [7, 11) is 1.30. The lowest BCUT2D eigenvalue weighted by Gasteiger charge is -2.23. The summed E-state index contributed by atoms with van der Waals surface area (Å²) in [6.07, 6.45) is 0.0370. The molecule has 0 saturated heterocycles. The number of thiophene rings is 1. The van der Waals surface area contributed by atoms with Crippen LogP contribution < -0.4 is 14.8 Å². The van der Waals surface area contributed by atoms with Crippen molar-refractivity contribution in [3.63, 3.8) is 0 Å². The Hall–Kier alpha value is -3.85. The van der Waals surface area contributed by atoms with Crippen LogP contribution in [0.3, 0.4) is 0 Å². The number of carbonyl (C=O) groups is 3. The number of carbonyl (C=O) groups excluding carboxylic acids is 3. The molecule has 0 aliphatic carbocycles. The van der Waals surface area contributed by atoms with Gasteiger partial charge in [-0.3, -0.25) is 14.4 Å². The van der Waals surface area contributed by atoms with Gasteiger partial charge in [-0.25, -0.2) is 0 Å². The third-order valence-electron chi connectivity index (χ3n) is 5.75. The predicted molar refractivity (Wildman–Crippen MR) is 144 cm³/mol. The fourth-order valence-electron chi connectivity index (χ4n) is 3.76. The van der Waals surface area contributed by atoms with Crippen molar-refractivity contribution in [3.8, 4) is 11.5 Å². The number of hydrogen-bond donors (Lipinski definition) is 1. The number of hydrogen-bond acceptors (Lipinski definition) is 8. The lowest BCUT2D eigenvalue weighted by atomic mass is 9.99. The van der Waals surface area contributed by atoms with Crippen molar-refractivity contribution in [2.24, 2.45) is 0 Å². The minimum atomic E-state index is -0.519. The number of esters is 2. The van der Waals surface area contributed by atoms with Crippen LogP contribution in [0.4, 0.5) is 0 Å². The maximum atomic E-state index is 13.1. The molecule has 0 bridgehead atoms. The summed E-state index contributed by atoms with van der Waals surface area (Å²) in [6, 6.07) is 14.7. The minimum Gasteiger partial charge on any atom is -0.489 e. The van der Waals surface area contributed by atoms with Gasteiger partial charge in [0.15, 0.2) is 0 Å². The Bertz CT molecular complexity index is 1210. The Morgan fingerprint density at radius 3 is 2.55 bits per heavy atom. The fourth-order valence-corrected chi connectivity index (χ4v) is 4.41. The van der Waals surface area contributed by atoms with Gasteiger partial charge in [0.05, 0.1) is 25.7 Å². The van der Waals surface area contributed by atoms with Gasteiger partial charge in [0.25, 0.3) is 5.91 Å². The zero-order valence-corrected chi connectivity index (χ0v) is 22.7. The summed E-state index contributed by atoms with van der Waals surface area (Å²) in [6.45, 7) is 4.52. The van der Waals surface area contributed by atoms with E-state index in [2.05, 4.69) is 10.1 Å². The molecule has 3 rings (SSSR count). The zero-order valence-electron chi connectivity index (χ0n) is 21.9. The van der Waals surface area contributed by atoms with Gasteiger partial charge < -0.3 is 24.3 Å². The number of amides is 1. The van der Waals surface area contributed by atoms with Gasteiger partial charge in [0.1, 0.15) is 24.2 Å². The third-order valence-corrected chi connectivity index (χ3v) is 6.48. The zero-order chi connectivity index (χ0) is 27.3. The van der Waals surface area contributed by atoms with Gasteiger partial charge in [-0.2, -0.15) is 11.3 Å². The molecule has 1 heterocycles. The van der Waals surface area contributed by atoms with Gasteiger partial charge in [0, 0.05) is 19.0 Å². The molecule has 0 aliphatic heterocycles. The van der Waals surface area contributed by atoms with Crippen molar-refractivity contribution >= 4 is 29.2 Å². The number of rotatable bonds is 14. The van der Waals surface area contributed by atoms with Gasteiger partial charge in [0.2, 0.25) is 0 Å². The first-order valence-electron chi connectivity index (χ1n) is 12.4. The van der Waals surface area contributed by atoms with Gasteiger partial charge in [-0.05, 0) is 65.9 Å². The summed E-state index contributed by atoms with van der Waals surface area (Å²) in [5.41, 5.74) is 3.22. The summed E-state index contributed by atoms with van der Waals surface area (Å²) in [5.74, 6) is -0.296. The summed E-state index contributed by atoms with van der Waals surface area (Å²) in [4.78, 5) is 36.7. The third kappa shape index (κ3) is 8.62. The Morgan fingerprint density at radius 1 is 1.03 bits per heavy atom. The van der Waals surface area contributed by atoms with E-state index in [-0.39, 0.29) is 30.9 Å². The van der Waals surface area contributed by atoms with E-state index < -0.39 is 18.0 Å². The lowest BCUT2D eigenvalue weighted by Crippen LogP contribution is -2.27. The molecule has 202 valence electrons. The molecule has 2 aromatic carbocycles. The quantitative estimate of drug-likeness (QED) is 0.274. The first-order chi connectivity index (χ1) is 18.4. The van der Waals surface area contributed by atoms with Crippen LogP contribution in [-0.2, 0) is 25.7 Å². The fraction of sp³-hybridized carbons (Fsp3) is 0.345. The Morgan fingerprint density at radius 2 is 1.84 bits per heavy atom. The van der Waals surface area contributed by atoms with E-state index in [1.54, 1.807) is 36.5 Å². The van der Waals surface area contributed by atoms with Crippen molar-refractivity contribution in [3.05, 3.63) is 81.5 Å². The minimum absolute atomic E-state index is 0.0473. The molecule has 1 atom stereocenters. The van der Waals surface area contributed by atoms with E-state index in [1.807, 2.05) is 48.0 Å². The molecule has 0 radical (unpaired) electrons. The van der Waals surface area contributed by atoms with Crippen LogP contribution in [0.1, 0.15) is 59.3 Å². The molecule has 0 spiro atoms. The van der Waals surface area contributed by atoms with Crippen molar-refractivity contribution in [2.45, 2.75) is 45.8 Å². The number of ether oxygens (including phenoxy) is 4. The predicted octanol–water partition coefficient (Wildman–Crippen LogP) is 5.39. The number of benzene rings is 2. The topological polar surface area (TPSA) is 100 Å². The average Bonchev–Trinajstić information content (AvgIpc) is 3.44. The molecule has 0 saturated carbocycles. The van der Waals surface area contributed by atoms with E-state index in [4.69, 9.17) is 14.2 Å². The first-order valence-corrected chi connectivity index (χ1v) is 13.4. The van der Waals surface area contributed by atoms with Crippen LogP contribution >= 0.6 is 11.3 Å². The largest absolute Gasteiger partial charge is 0.489 e. The molecule has 0 fully saturated rings. The normalized spacial score (nSPS) is 11.3. The first kappa shape index (κ1) is 28.7. The van der Waals surface area contributed by atoms with E-state index in [0.29, 0.717) is 31.1 Å². The maximum Gasteiger partial charge on any atom is 0.307 e. The standard InChI is InChI=1S/C29H33NO7S/c1-4-35-28(32)12-11-25(23-8-6-5-7-20(23)2)37-26-17-22(36-18-21-14-16-38-19-21)9-10-24(26)29(33)30-15-13-27(31)34-3/h5-10,14,16-17,19,25H,4,11-13,15,18H2,1-3H3,(H,30,33). The number of methoxy groups -OCH3 is 1. The Balaban J connectivity index is 1.88. The van der Waals surface area contributed by atoms with Gasteiger partial charge in [-0.1, -0.05) is 24.3 Å². The molecule has 3 aromatic rings. The van der Waals surface area contributed by atoms with E-state index in [1.165, 1.54) is 7.11 Å². The summed E-state index contributed by atoms with van der Waals surface area (Å²) < 4.78 is 22.2. The van der Waals surface area contributed by atoms with E-state index in [9.17, 15) is 14.4 Å². The van der Waals surface area contributed by atoms with Crippen molar-refractivity contribution < 1.29 is 33.3 Å². The molecule has 1 amide bonds. The molecule has 0 aliphatic rings. The van der Waals surface area contributed by atoms with Crippen LogP contribution in [0.5, 0.6) is 11.5 Å². The van der Waals surface area contributed by atoms with Gasteiger partial charge >= 0.3 is 11.9 Å². The van der Waals surface area contributed by atoms with Crippen molar-refractivity contribution in [2.75, 3.05) is 20.3 Å². The van der Waals surface area contributed by atoms with Crippen LogP contribution in [0.2, 0.25) is 0 Å². The van der Waals surface area contributed by atoms with Crippen LogP contribution in [0.15, 0.2) is 59.3 Å². The average molecular weight is 540 g/mol. The molecular weight excluding hydrogens is 506 g/mol. The lowest BCUT2D eigenvalue weighted by molar-refractivity contribution is -0.143. The number of aryl methyl sites for hydroxylation is 1. The highest BCUT2D eigenvalue weighted by Crippen LogP contribution is 2.33. The molecular formula is C29H33NO7S. The van der Waals surface area contributed by atoms with Crippen LogP contribution in [-0.4, -0.2) is 38.1 Å². The second-order valence-corrected chi connectivity index (χ2v) is 9.25. The summed E-state index contributed by atoms with van der Waals surface area (Å²) in [5, 5.41) is 6.72. The highest BCUT2D eigenvalue weighted by molar-refractivity contribution is 7.07. The smallest absolute Gasteiger partial charge is 0.307 e. The van der Waals surface area contributed by atoms with Crippen molar-refractivity contribution in [1.82, 2.24) is 5.32 Å². The molecule has 9 heteroatoms. The summed E-state index contributed by atoms with van der Waals surface area (Å²) >= 11 is 1.59. The second kappa shape index (κ2) is 14.8. The monoisotopic (exact) mass is 539 g/mol. The van der Waals surface area contributed by atoms with Crippen LogP contribution in [0.25, 0.3) is 0 Å². The Labute approximate surface area is 226 Å². The highest BCUT2D eigenvalue weighted by atomic mass is 32.1. The van der Waals surface area contributed by atoms with Gasteiger partial charge in [-0.15, -0.1) is 0 Å². The molecule has 8 nitrogen and oxygen atoms in total. The van der Waals surface area contributed by atoms with E-state index in [0.717, 1.165) is 16.7 Å². The molecule has 1 aromatic heterocycles. The SMILES string of the molecule is CCOC(=O)CCC(Oc1cc(OCc2ccsc2)ccc1C(=O)NCCC(=O)OC)c1ccccc1C. The second-order valence-electron chi connectivity index (χ2n) is 8.47. The van der Waals surface area contributed by atoms with Crippen molar-refractivity contribution in [1.29, 1.82) is 0 Å². The Kier molecular flexibility index (Phi) is 11.2. The maximum absolute atomic E-state index is 13.1. The van der Waals surface area contributed by atoms with Crippen LogP contribution in [0, 0.1) is 6.92 Å². The molecule has 1 N–H and O–H groups in total. The van der Waals surface area contributed by atoms with E-state index >= 15 is 0 Å². The highest BCUT2D eigenvalue weighted by Gasteiger charge is 2.22. The molecule has 38 heavy (non-hydrogen) atoms. The molecule has 1 unspecified atom stereocenters.